The van der Waals surface area contributed by atoms with Crippen molar-refractivity contribution in [3.05, 3.63) is 29.8 Å². The van der Waals surface area contributed by atoms with Crippen LogP contribution in [0.1, 0.15) is 31.7 Å². The molecule has 0 fully saturated rings. The van der Waals surface area contributed by atoms with Crippen LogP contribution in [0.15, 0.2) is 24.3 Å². The number of carbonyl (C=O) groups excluding carboxylic acids is 1. The van der Waals surface area contributed by atoms with Crippen LogP contribution < -0.4 is 10.1 Å². The molecule has 0 aliphatic heterocycles. The Balaban J connectivity index is 2.82. The fraction of sp³-hybridized carbons (Fsp3) is 0.462. The van der Waals surface area contributed by atoms with Gasteiger partial charge in [0.2, 0.25) is 0 Å². The Morgan fingerprint density at radius 3 is 2.45 bits per heavy atom. The van der Waals surface area contributed by atoms with Gasteiger partial charge in [-0.1, -0.05) is 21.1 Å². The second-order valence-corrected chi connectivity index (χ2v) is 7.41. The molecule has 1 aromatic rings. The fourth-order valence-corrected chi connectivity index (χ4v) is 3.10. The Hall–Kier alpha value is -0.840. The average molecular weight is 449 g/mol. The molecule has 1 amide bonds. The van der Waals surface area contributed by atoms with E-state index in [4.69, 9.17) is 4.74 Å². The summed E-state index contributed by atoms with van der Waals surface area (Å²) in [6.07, 6.45) is -5.41. The molecule has 0 radical (unpaired) electrons. The molecular weight excluding hydrogens is 434 g/mol. The van der Waals surface area contributed by atoms with E-state index in [2.05, 4.69) is 10.1 Å². The molecule has 0 saturated carbocycles. The highest BCUT2D eigenvalue weighted by atomic mass is 127. The number of ether oxygens (including phenoxy) is 2. The summed E-state index contributed by atoms with van der Waals surface area (Å²) < 4.78 is 45.7. The van der Waals surface area contributed by atoms with E-state index < -0.39 is 23.4 Å². The Kier molecular flexibility index (Phi) is 6.65. The van der Waals surface area contributed by atoms with E-state index in [9.17, 15) is 18.0 Å². The molecule has 1 unspecified atom stereocenters. The summed E-state index contributed by atoms with van der Waals surface area (Å²) >= 11 is 1.95. The van der Waals surface area contributed by atoms with Crippen molar-refractivity contribution in [3.8, 4) is 5.75 Å². The first-order valence-electron chi connectivity index (χ1n) is 6.13. The number of alkyl carbamates (subject to hydrolysis) is 1. The van der Waals surface area contributed by atoms with Gasteiger partial charge >= 0.3 is 12.5 Å². The highest BCUT2D eigenvalue weighted by molar-refractivity contribution is 14.2. The van der Waals surface area contributed by atoms with Gasteiger partial charge in [-0.3, -0.25) is 0 Å². The maximum atomic E-state index is 12.2. The van der Waals surface area contributed by atoms with E-state index >= 15 is 0 Å². The zero-order valence-electron chi connectivity index (χ0n) is 12.0. The van der Waals surface area contributed by atoms with Crippen LogP contribution in [0.3, 0.4) is 0 Å². The number of alkyl halides is 3. The van der Waals surface area contributed by atoms with Gasteiger partial charge in [0.05, 0.1) is 0 Å². The first-order chi connectivity index (χ1) is 10.00. The molecule has 1 atom stereocenters. The minimum Gasteiger partial charge on any atom is -0.444 e. The fourth-order valence-electron chi connectivity index (χ4n) is 1.45. The Morgan fingerprint density at radius 1 is 1.32 bits per heavy atom. The van der Waals surface area contributed by atoms with Gasteiger partial charge in [-0.15, -0.1) is 13.2 Å². The van der Waals surface area contributed by atoms with Gasteiger partial charge in [0.25, 0.3) is 0 Å². The van der Waals surface area contributed by atoms with Gasteiger partial charge in [0, 0.05) is 0 Å². The van der Waals surface area contributed by atoms with E-state index in [0.29, 0.717) is 5.56 Å². The standard InChI is InChI=1S/C13H15F3INO3S/c1-12(2,3)21-11(19)18-10(22-17)8-5-4-6-9(7-8)20-13(14,15)16/h4-7,10H,1-3H3,(H,18,19). The highest BCUT2D eigenvalue weighted by Crippen LogP contribution is 2.34. The molecule has 124 valence electrons. The lowest BCUT2D eigenvalue weighted by atomic mass is 10.2. The van der Waals surface area contributed by atoms with Crippen LogP contribution >= 0.6 is 30.1 Å². The third-order valence-corrected chi connectivity index (χ3v) is 4.23. The van der Waals surface area contributed by atoms with Gasteiger partial charge in [-0.25, -0.2) is 4.79 Å². The molecular formula is C13H15F3INO3S. The largest absolute Gasteiger partial charge is 0.573 e. The van der Waals surface area contributed by atoms with Crippen molar-refractivity contribution in [1.29, 1.82) is 0 Å². The molecule has 22 heavy (non-hydrogen) atoms. The predicted octanol–water partition coefficient (Wildman–Crippen LogP) is 5.19. The Bertz CT molecular complexity index is 520. The number of halogens is 4. The molecule has 1 aromatic carbocycles. The molecule has 0 bridgehead atoms. The van der Waals surface area contributed by atoms with Gasteiger partial charge in [-0.2, -0.15) is 0 Å². The third kappa shape index (κ3) is 7.43. The van der Waals surface area contributed by atoms with Crippen LogP contribution in [0, 0.1) is 0 Å². The van der Waals surface area contributed by atoms with E-state index in [0.717, 1.165) is 0 Å². The smallest absolute Gasteiger partial charge is 0.444 e. The lowest BCUT2D eigenvalue weighted by molar-refractivity contribution is -0.274. The summed E-state index contributed by atoms with van der Waals surface area (Å²) in [6.45, 7) is 5.16. The van der Waals surface area contributed by atoms with Crippen LogP contribution in [0.5, 0.6) is 5.75 Å². The molecule has 0 aromatic heterocycles. The van der Waals surface area contributed by atoms with Crippen molar-refractivity contribution >= 4 is 36.2 Å². The van der Waals surface area contributed by atoms with Gasteiger partial charge < -0.3 is 14.8 Å². The number of rotatable bonds is 4. The van der Waals surface area contributed by atoms with Crippen LogP contribution in [0.2, 0.25) is 0 Å². The molecule has 4 nitrogen and oxygen atoms in total. The van der Waals surface area contributed by atoms with Crippen molar-refractivity contribution in [3.63, 3.8) is 0 Å². The SMILES string of the molecule is CC(C)(C)OC(=O)NC(SI)c1cccc(OC(F)(F)F)c1. The molecule has 0 aliphatic carbocycles. The van der Waals surface area contributed by atoms with Crippen molar-refractivity contribution in [2.45, 2.75) is 38.1 Å². The summed E-state index contributed by atoms with van der Waals surface area (Å²) in [4.78, 5) is 11.8. The summed E-state index contributed by atoms with van der Waals surface area (Å²) in [5.74, 6) is -0.341. The van der Waals surface area contributed by atoms with Gasteiger partial charge in [0.1, 0.15) is 16.7 Å². The first kappa shape index (κ1) is 19.2. The lowest BCUT2D eigenvalue weighted by Gasteiger charge is -2.22. The molecule has 1 N–H and O–H groups in total. The zero-order valence-corrected chi connectivity index (χ0v) is 15.0. The third-order valence-electron chi connectivity index (χ3n) is 2.13. The summed E-state index contributed by atoms with van der Waals surface area (Å²) in [5.41, 5.74) is -0.196. The second kappa shape index (κ2) is 7.62. The molecule has 0 aliphatic rings. The van der Waals surface area contributed by atoms with Crippen molar-refractivity contribution in [1.82, 2.24) is 5.32 Å². The molecule has 0 spiro atoms. The summed E-state index contributed by atoms with van der Waals surface area (Å²) in [7, 11) is 1.23. The number of amides is 1. The number of hydrogen-bond donors (Lipinski definition) is 1. The summed E-state index contributed by atoms with van der Waals surface area (Å²) in [6, 6.07) is 5.44. The van der Waals surface area contributed by atoms with Crippen LogP contribution in [-0.2, 0) is 4.74 Å². The summed E-state index contributed by atoms with van der Waals surface area (Å²) in [5, 5.41) is 2.02. The van der Waals surface area contributed by atoms with Crippen molar-refractivity contribution in [2.75, 3.05) is 0 Å². The molecule has 1 rings (SSSR count). The minimum absolute atomic E-state index is 0.341. The van der Waals surface area contributed by atoms with Crippen LogP contribution in [0.4, 0.5) is 18.0 Å². The van der Waals surface area contributed by atoms with Crippen LogP contribution in [0.25, 0.3) is 0 Å². The second-order valence-electron chi connectivity index (χ2n) is 5.24. The van der Waals surface area contributed by atoms with E-state index in [1.807, 2.05) is 21.2 Å². The minimum atomic E-state index is -4.76. The average Bonchev–Trinajstić information content (AvgIpc) is 2.32. The van der Waals surface area contributed by atoms with Gasteiger partial charge in [-0.05, 0) is 59.7 Å². The van der Waals surface area contributed by atoms with E-state index in [1.165, 1.54) is 27.1 Å². The van der Waals surface area contributed by atoms with E-state index in [-0.39, 0.29) is 5.75 Å². The quantitative estimate of drug-likeness (QED) is 0.508. The molecule has 0 heterocycles. The topological polar surface area (TPSA) is 47.6 Å². The van der Waals surface area contributed by atoms with Gasteiger partial charge in [0.15, 0.2) is 0 Å². The molecule has 9 heteroatoms. The van der Waals surface area contributed by atoms with Crippen molar-refractivity contribution < 1.29 is 27.4 Å². The number of nitrogens with one attached hydrogen (secondary N) is 1. The number of benzene rings is 1. The predicted molar refractivity (Wildman–Crippen MR) is 86.8 cm³/mol. The normalized spacial score (nSPS) is 13.4. The Morgan fingerprint density at radius 2 is 1.95 bits per heavy atom. The lowest BCUT2D eigenvalue weighted by Crippen LogP contribution is -2.33. The molecule has 0 saturated heterocycles. The van der Waals surface area contributed by atoms with E-state index in [1.54, 1.807) is 26.8 Å². The first-order valence-corrected chi connectivity index (χ1v) is 9.55. The number of hydrogen-bond acceptors (Lipinski definition) is 4. The Labute approximate surface area is 142 Å². The van der Waals surface area contributed by atoms with Crippen LogP contribution in [-0.4, -0.2) is 18.1 Å². The maximum absolute atomic E-state index is 12.2. The highest BCUT2D eigenvalue weighted by Gasteiger charge is 2.31. The van der Waals surface area contributed by atoms with Crippen molar-refractivity contribution in [2.24, 2.45) is 0 Å². The maximum Gasteiger partial charge on any atom is 0.573 e. The monoisotopic (exact) mass is 449 g/mol. The number of carbonyl (C=O) groups is 1. The zero-order chi connectivity index (χ0) is 17.0.